The molecule has 1 aliphatic rings. The fraction of sp³-hybridized carbons (Fsp3) is 0.500. The van der Waals surface area contributed by atoms with Gasteiger partial charge in [0, 0.05) is 10.7 Å². The summed E-state index contributed by atoms with van der Waals surface area (Å²) in [7, 11) is 0. The number of hydrogen-bond donors (Lipinski definition) is 1. The molecule has 2 rings (SSSR count). The summed E-state index contributed by atoms with van der Waals surface area (Å²) < 4.78 is 0.666. The average Bonchev–Trinajstić information content (AvgIpc) is 2.72. The fourth-order valence-electron chi connectivity index (χ4n) is 1.81. The predicted octanol–water partition coefficient (Wildman–Crippen LogP) is 3.38. The average molecular weight is 315 g/mol. The number of hydrogen-bond acceptors (Lipinski definition) is 3. The number of rotatable bonds is 2. The van der Waals surface area contributed by atoms with E-state index in [2.05, 4.69) is 26.2 Å². The molecule has 1 aliphatic heterocycles. The minimum absolute atomic E-state index is 0.0641. The van der Waals surface area contributed by atoms with Crippen molar-refractivity contribution < 1.29 is 4.79 Å². The molecular formula is C12H15BrN2OS. The maximum atomic E-state index is 12.1. The summed E-state index contributed by atoms with van der Waals surface area (Å²) in [6, 6.07) is 1.88. The highest BCUT2D eigenvalue weighted by atomic mass is 79.9. The van der Waals surface area contributed by atoms with Crippen molar-refractivity contribution in [2.24, 2.45) is 0 Å². The second-order valence-electron chi connectivity index (χ2n) is 4.46. The van der Waals surface area contributed by atoms with Crippen molar-refractivity contribution in [3.8, 4) is 0 Å². The Kier molecular flexibility index (Phi) is 3.78. The van der Waals surface area contributed by atoms with Crippen LogP contribution in [0.4, 0.5) is 5.82 Å². The van der Waals surface area contributed by atoms with Crippen LogP contribution in [-0.4, -0.2) is 21.4 Å². The number of anilines is 1. The third kappa shape index (κ3) is 2.83. The maximum absolute atomic E-state index is 12.1. The zero-order valence-electron chi connectivity index (χ0n) is 9.92. The molecule has 5 heteroatoms. The molecule has 0 aromatic carbocycles. The SMILES string of the molecule is Cc1cc(NC(=O)C2(C)CCCS2)ncc1Br. The molecule has 1 saturated heterocycles. The summed E-state index contributed by atoms with van der Waals surface area (Å²) in [4.78, 5) is 16.3. The van der Waals surface area contributed by atoms with Gasteiger partial charge in [0.05, 0.1) is 4.75 Å². The zero-order valence-corrected chi connectivity index (χ0v) is 12.3. The molecule has 1 aromatic rings. The minimum atomic E-state index is -0.289. The van der Waals surface area contributed by atoms with Crippen molar-refractivity contribution in [1.29, 1.82) is 0 Å². The molecule has 0 radical (unpaired) electrons. The number of carbonyl (C=O) groups is 1. The second-order valence-corrected chi connectivity index (χ2v) is 6.91. The van der Waals surface area contributed by atoms with E-state index < -0.39 is 0 Å². The van der Waals surface area contributed by atoms with Gasteiger partial charge in [0.1, 0.15) is 5.82 Å². The van der Waals surface area contributed by atoms with Gasteiger partial charge >= 0.3 is 0 Å². The lowest BCUT2D eigenvalue weighted by Crippen LogP contribution is -2.34. The summed E-state index contributed by atoms with van der Waals surface area (Å²) >= 11 is 5.12. The molecule has 2 heterocycles. The highest BCUT2D eigenvalue weighted by Gasteiger charge is 2.37. The molecule has 17 heavy (non-hydrogen) atoms. The third-order valence-corrected chi connectivity index (χ3v) is 5.34. The molecule has 0 saturated carbocycles. The predicted molar refractivity (Wildman–Crippen MR) is 75.4 cm³/mol. The molecular weight excluding hydrogens is 300 g/mol. The molecule has 1 N–H and O–H groups in total. The molecule has 0 spiro atoms. The Hall–Kier alpha value is -0.550. The Morgan fingerprint density at radius 1 is 1.65 bits per heavy atom. The third-order valence-electron chi connectivity index (χ3n) is 2.99. The number of pyridine rings is 1. The van der Waals surface area contributed by atoms with E-state index in [1.54, 1.807) is 18.0 Å². The summed E-state index contributed by atoms with van der Waals surface area (Å²) in [6.45, 7) is 3.99. The Morgan fingerprint density at radius 2 is 2.41 bits per heavy atom. The smallest absolute Gasteiger partial charge is 0.241 e. The topological polar surface area (TPSA) is 42.0 Å². The van der Waals surface area contributed by atoms with Crippen molar-refractivity contribution in [3.63, 3.8) is 0 Å². The summed E-state index contributed by atoms with van der Waals surface area (Å²) in [6.07, 6.45) is 3.77. The van der Waals surface area contributed by atoms with Gasteiger partial charge in [-0.2, -0.15) is 0 Å². The van der Waals surface area contributed by atoms with Gasteiger partial charge in [-0.3, -0.25) is 4.79 Å². The van der Waals surface area contributed by atoms with Crippen molar-refractivity contribution in [2.45, 2.75) is 31.4 Å². The van der Waals surface area contributed by atoms with Gasteiger partial charge in [0.2, 0.25) is 5.91 Å². The molecule has 1 aromatic heterocycles. The van der Waals surface area contributed by atoms with Crippen LogP contribution in [0.15, 0.2) is 16.7 Å². The highest BCUT2D eigenvalue weighted by Crippen LogP contribution is 2.38. The Bertz CT molecular complexity index is 444. The Morgan fingerprint density at radius 3 is 3.00 bits per heavy atom. The van der Waals surface area contributed by atoms with Crippen LogP contribution in [0.5, 0.6) is 0 Å². The fourth-order valence-corrected chi connectivity index (χ4v) is 3.24. The second kappa shape index (κ2) is 4.98. The molecule has 1 atom stereocenters. The lowest BCUT2D eigenvalue weighted by molar-refractivity contribution is -0.118. The largest absolute Gasteiger partial charge is 0.309 e. The first-order valence-electron chi connectivity index (χ1n) is 5.59. The molecule has 1 fully saturated rings. The number of amides is 1. The van der Waals surface area contributed by atoms with Crippen LogP contribution < -0.4 is 5.32 Å². The molecule has 0 bridgehead atoms. The monoisotopic (exact) mass is 314 g/mol. The van der Waals surface area contributed by atoms with Gasteiger partial charge < -0.3 is 5.32 Å². The quantitative estimate of drug-likeness (QED) is 0.910. The molecule has 1 unspecified atom stereocenters. The lowest BCUT2D eigenvalue weighted by Gasteiger charge is -2.21. The van der Waals surface area contributed by atoms with E-state index in [0.717, 1.165) is 28.6 Å². The van der Waals surface area contributed by atoms with E-state index in [9.17, 15) is 4.79 Å². The van der Waals surface area contributed by atoms with E-state index in [0.29, 0.717) is 5.82 Å². The van der Waals surface area contributed by atoms with E-state index in [1.807, 2.05) is 19.9 Å². The van der Waals surface area contributed by atoms with Crippen molar-refractivity contribution in [1.82, 2.24) is 4.98 Å². The van der Waals surface area contributed by atoms with E-state index in [-0.39, 0.29) is 10.7 Å². The van der Waals surface area contributed by atoms with Crippen LogP contribution in [-0.2, 0) is 4.79 Å². The van der Waals surface area contributed by atoms with Gasteiger partial charge in [-0.1, -0.05) is 0 Å². The standard InChI is InChI=1S/C12H15BrN2OS/c1-8-6-10(14-7-9(8)13)15-11(16)12(2)4-3-5-17-12/h6-7H,3-5H2,1-2H3,(H,14,15,16). The zero-order chi connectivity index (χ0) is 12.5. The number of aromatic nitrogens is 1. The van der Waals surface area contributed by atoms with Crippen molar-refractivity contribution >= 4 is 39.4 Å². The number of thioether (sulfide) groups is 1. The van der Waals surface area contributed by atoms with Crippen LogP contribution >= 0.6 is 27.7 Å². The van der Waals surface area contributed by atoms with Crippen LogP contribution in [0.1, 0.15) is 25.3 Å². The van der Waals surface area contributed by atoms with E-state index in [4.69, 9.17) is 0 Å². The first kappa shape index (κ1) is 12.9. The molecule has 1 amide bonds. The minimum Gasteiger partial charge on any atom is -0.309 e. The summed E-state index contributed by atoms with van der Waals surface area (Å²) in [5, 5.41) is 2.90. The van der Waals surface area contributed by atoms with Crippen LogP contribution in [0.2, 0.25) is 0 Å². The lowest BCUT2D eigenvalue weighted by atomic mass is 10.1. The Balaban J connectivity index is 2.10. The summed E-state index contributed by atoms with van der Waals surface area (Å²) in [5.41, 5.74) is 1.07. The van der Waals surface area contributed by atoms with Crippen LogP contribution in [0, 0.1) is 6.92 Å². The number of nitrogens with one attached hydrogen (secondary N) is 1. The Labute approximate surface area is 114 Å². The van der Waals surface area contributed by atoms with Crippen molar-refractivity contribution in [2.75, 3.05) is 11.1 Å². The number of carbonyl (C=O) groups excluding carboxylic acids is 1. The molecule has 3 nitrogen and oxygen atoms in total. The van der Waals surface area contributed by atoms with Crippen molar-refractivity contribution in [3.05, 3.63) is 22.3 Å². The first-order valence-corrected chi connectivity index (χ1v) is 7.37. The van der Waals surface area contributed by atoms with Gasteiger partial charge in [0.15, 0.2) is 0 Å². The number of halogens is 1. The number of nitrogens with zero attached hydrogens (tertiary/aromatic N) is 1. The van der Waals surface area contributed by atoms with Gasteiger partial charge in [0.25, 0.3) is 0 Å². The molecule has 92 valence electrons. The number of aryl methyl sites for hydroxylation is 1. The van der Waals surface area contributed by atoms with Gasteiger partial charge in [-0.05, 0) is 60.0 Å². The maximum Gasteiger partial charge on any atom is 0.241 e. The summed E-state index contributed by atoms with van der Waals surface area (Å²) in [5.74, 6) is 1.76. The van der Waals surface area contributed by atoms with E-state index in [1.165, 1.54) is 0 Å². The van der Waals surface area contributed by atoms with Gasteiger partial charge in [-0.15, -0.1) is 11.8 Å². The first-order chi connectivity index (χ1) is 8.01. The van der Waals surface area contributed by atoms with Crippen LogP contribution in [0.25, 0.3) is 0 Å². The highest BCUT2D eigenvalue weighted by molar-refractivity contribution is 9.10. The van der Waals surface area contributed by atoms with Crippen LogP contribution in [0.3, 0.4) is 0 Å². The normalized spacial score (nSPS) is 23.7. The molecule has 0 aliphatic carbocycles. The van der Waals surface area contributed by atoms with Gasteiger partial charge in [-0.25, -0.2) is 4.98 Å². The van der Waals surface area contributed by atoms with E-state index >= 15 is 0 Å².